The maximum atomic E-state index is 13.1. The van der Waals surface area contributed by atoms with E-state index in [0.29, 0.717) is 0 Å². The van der Waals surface area contributed by atoms with Gasteiger partial charge in [0.05, 0.1) is 6.04 Å². The molecule has 1 atom stereocenters. The zero-order valence-corrected chi connectivity index (χ0v) is 18.7. The summed E-state index contributed by atoms with van der Waals surface area (Å²) < 4.78 is 0. The molecule has 1 unspecified atom stereocenters. The minimum absolute atomic E-state index is 0.0356. The Morgan fingerprint density at radius 3 is 2.10 bits per heavy atom. The number of hydrogen-bond donors (Lipinski definition) is 1. The molecule has 0 bridgehead atoms. The second-order valence-corrected chi connectivity index (χ2v) is 9.09. The van der Waals surface area contributed by atoms with Crippen LogP contribution in [0.2, 0.25) is 0 Å². The second kappa shape index (κ2) is 10.8. The van der Waals surface area contributed by atoms with E-state index in [1.165, 1.54) is 38.9 Å². The number of hydrogen-bond acceptors (Lipinski definition) is 3. The quantitative estimate of drug-likeness (QED) is 0.799. The topological polar surface area (TPSA) is 38.8 Å². The molecule has 0 spiro atoms. The lowest BCUT2D eigenvalue weighted by Gasteiger charge is -2.37. The molecule has 5 heteroatoms. The number of carbonyl (C=O) groups is 1. The number of carbonyl (C=O) groups excluding carboxylic acids is 1. The van der Waals surface area contributed by atoms with E-state index in [0.717, 1.165) is 43.2 Å². The van der Waals surface area contributed by atoms with E-state index in [1.807, 2.05) is 41.3 Å². The lowest BCUT2D eigenvalue weighted by Crippen LogP contribution is -2.53. The molecule has 166 valence electrons. The summed E-state index contributed by atoms with van der Waals surface area (Å²) in [5.74, 6) is 0.797. The van der Waals surface area contributed by atoms with Gasteiger partial charge < -0.3 is 15.1 Å². The fourth-order valence-corrected chi connectivity index (χ4v) is 4.86. The van der Waals surface area contributed by atoms with E-state index in [-0.39, 0.29) is 12.1 Å². The van der Waals surface area contributed by atoms with Gasteiger partial charge in [0.2, 0.25) is 0 Å². The van der Waals surface area contributed by atoms with Crippen LogP contribution in [0.4, 0.5) is 4.79 Å². The fourth-order valence-electron chi connectivity index (χ4n) is 4.86. The summed E-state index contributed by atoms with van der Waals surface area (Å²) >= 11 is 0. The fraction of sp³-hybridized carbons (Fsp3) is 0.500. The summed E-state index contributed by atoms with van der Waals surface area (Å²) in [6, 6.07) is 20.4. The molecule has 0 aromatic heterocycles. The van der Waals surface area contributed by atoms with Crippen LogP contribution >= 0.6 is 0 Å². The van der Waals surface area contributed by atoms with Gasteiger partial charge in [-0.05, 0) is 56.4 Å². The average molecular weight is 421 g/mol. The first kappa shape index (κ1) is 21.8. The maximum Gasteiger partial charge on any atom is 0.318 e. The van der Waals surface area contributed by atoms with Gasteiger partial charge in [0, 0.05) is 32.7 Å². The van der Waals surface area contributed by atoms with Crippen LogP contribution in [-0.2, 0) is 0 Å². The minimum atomic E-state index is -0.129. The van der Waals surface area contributed by atoms with Gasteiger partial charge in [0.15, 0.2) is 0 Å². The van der Waals surface area contributed by atoms with Crippen LogP contribution in [-0.4, -0.2) is 73.6 Å². The monoisotopic (exact) mass is 420 g/mol. The van der Waals surface area contributed by atoms with Gasteiger partial charge in [-0.25, -0.2) is 4.79 Å². The van der Waals surface area contributed by atoms with Crippen molar-refractivity contribution in [3.63, 3.8) is 0 Å². The molecule has 2 saturated heterocycles. The van der Waals surface area contributed by atoms with Crippen molar-refractivity contribution in [1.29, 1.82) is 0 Å². The highest BCUT2D eigenvalue weighted by Crippen LogP contribution is 2.23. The van der Waals surface area contributed by atoms with E-state index >= 15 is 0 Å². The molecule has 1 N–H and O–H groups in total. The van der Waals surface area contributed by atoms with Crippen molar-refractivity contribution < 1.29 is 4.79 Å². The molecule has 31 heavy (non-hydrogen) atoms. The molecule has 0 radical (unpaired) electrons. The number of nitrogens with zero attached hydrogens (tertiary/aromatic N) is 3. The number of piperazine rings is 1. The lowest BCUT2D eigenvalue weighted by molar-refractivity contribution is 0.123. The van der Waals surface area contributed by atoms with Gasteiger partial charge >= 0.3 is 6.03 Å². The van der Waals surface area contributed by atoms with Crippen LogP contribution in [0.1, 0.15) is 36.4 Å². The Hall–Kier alpha value is -2.37. The molecule has 2 aromatic rings. The molecule has 5 nitrogen and oxygen atoms in total. The third-order valence-electron chi connectivity index (χ3n) is 6.78. The largest absolute Gasteiger partial charge is 0.327 e. The van der Waals surface area contributed by atoms with Crippen molar-refractivity contribution >= 4 is 6.03 Å². The number of benzene rings is 2. The number of nitrogens with one attached hydrogen (secondary N) is 1. The number of likely N-dealkylation sites (tertiary alicyclic amines) is 1. The number of urea groups is 1. The van der Waals surface area contributed by atoms with Crippen molar-refractivity contribution in [3.8, 4) is 0 Å². The van der Waals surface area contributed by atoms with Gasteiger partial charge in [0.1, 0.15) is 0 Å². The highest BCUT2D eigenvalue weighted by molar-refractivity contribution is 5.75. The molecule has 2 aromatic carbocycles. The SMILES string of the molecule is CN1CCCC(CN2CCN(C(=O)NC(c3ccccc3)c3ccccc3)CC2)CC1. The number of amides is 2. The summed E-state index contributed by atoms with van der Waals surface area (Å²) in [6.07, 6.45) is 3.94. The zero-order chi connectivity index (χ0) is 21.5. The highest BCUT2D eigenvalue weighted by Gasteiger charge is 2.26. The lowest BCUT2D eigenvalue weighted by atomic mass is 9.99. The van der Waals surface area contributed by atoms with Crippen LogP contribution in [0.5, 0.6) is 0 Å². The Bertz CT molecular complexity index is 765. The average Bonchev–Trinajstić information content (AvgIpc) is 3.03. The molecule has 2 aliphatic rings. The van der Waals surface area contributed by atoms with Crippen molar-refractivity contribution in [2.75, 3.05) is 52.9 Å². The highest BCUT2D eigenvalue weighted by atomic mass is 16.2. The van der Waals surface area contributed by atoms with Crippen molar-refractivity contribution in [3.05, 3.63) is 71.8 Å². The summed E-state index contributed by atoms with van der Waals surface area (Å²) in [7, 11) is 2.23. The normalized spacial score (nSPS) is 21.1. The second-order valence-electron chi connectivity index (χ2n) is 9.09. The van der Waals surface area contributed by atoms with Crippen LogP contribution in [0.3, 0.4) is 0 Å². The van der Waals surface area contributed by atoms with Gasteiger partial charge in [-0.1, -0.05) is 60.7 Å². The molecule has 0 saturated carbocycles. The molecular formula is C26H36N4O. The van der Waals surface area contributed by atoms with E-state index in [2.05, 4.69) is 46.4 Å². The first-order valence-electron chi connectivity index (χ1n) is 11.8. The molecule has 2 aliphatic heterocycles. The third kappa shape index (κ3) is 6.08. The third-order valence-corrected chi connectivity index (χ3v) is 6.78. The van der Waals surface area contributed by atoms with E-state index in [4.69, 9.17) is 0 Å². The summed E-state index contributed by atoms with van der Waals surface area (Å²) in [5, 5.41) is 3.29. The molecule has 4 rings (SSSR count). The predicted molar refractivity (Wildman–Crippen MR) is 126 cm³/mol. The minimum Gasteiger partial charge on any atom is -0.327 e. The van der Waals surface area contributed by atoms with Gasteiger partial charge in [-0.15, -0.1) is 0 Å². The maximum absolute atomic E-state index is 13.1. The molecular weight excluding hydrogens is 384 g/mol. The molecule has 2 fully saturated rings. The Kier molecular flexibility index (Phi) is 7.60. The summed E-state index contributed by atoms with van der Waals surface area (Å²) in [6.45, 7) is 7.17. The smallest absolute Gasteiger partial charge is 0.318 e. The Labute approximate surface area is 187 Å². The van der Waals surface area contributed by atoms with E-state index in [1.54, 1.807) is 0 Å². The molecule has 2 amide bonds. The predicted octanol–water partition coefficient (Wildman–Crippen LogP) is 3.84. The zero-order valence-electron chi connectivity index (χ0n) is 18.7. The van der Waals surface area contributed by atoms with Crippen LogP contribution < -0.4 is 5.32 Å². The summed E-state index contributed by atoms with van der Waals surface area (Å²) in [5.41, 5.74) is 2.22. The molecule has 2 heterocycles. The van der Waals surface area contributed by atoms with Crippen molar-refractivity contribution in [2.45, 2.75) is 25.3 Å². The van der Waals surface area contributed by atoms with Crippen LogP contribution in [0, 0.1) is 5.92 Å². The van der Waals surface area contributed by atoms with Crippen molar-refractivity contribution in [1.82, 2.24) is 20.0 Å². The van der Waals surface area contributed by atoms with Gasteiger partial charge in [-0.3, -0.25) is 4.90 Å². The Morgan fingerprint density at radius 2 is 1.48 bits per heavy atom. The van der Waals surface area contributed by atoms with Gasteiger partial charge in [0.25, 0.3) is 0 Å². The Balaban J connectivity index is 1.32. The Morgan fingerprint density at radius 1 is 0.871 bits per heavy atom. The number of rotatable bonds is 5. The van der Waals surface area contributed by atoms with Gasteiger partial charge in [-0.2, -0.15) is 0 Å². The molecule has 0 aliphatic carbocycles. The summed E-state index contributed by atoms with van der Waals surface area (Å²) in [4.78, 5) is 20.1. The standard InChI is InChI=1S/C26H36N4O/c1-28-15-8-9-22(14-16-28)21-29-17-19-30(20-18-29)26(31)27-25(23-10-4-2-5-11-23)24-12-6-3-7-13-24/h2-7,10-13,22,25H,8-9,14-21H2,1H3,(H,27,31). The first-order valence-corrected chi connectivity index (χ1v) is 11.8. The first-order chi connectivity index (χ1) is 15.2. The van der Waals surface area contributed by atoms with Crippen LogP contribution in [0.25, 0.3) is 0 Å². The van der Waals surface area contributed by atoms with E-state index in [9.17, 15) is 4.79 Å². The van der Waals surface area contributed by atoms with E-state index < -0.39 is 0 Å². The van der Waals surface area contributed by atoms with Crippen molar-refractivity contribution in [2.24, 2.45) is 5.92 Å². The van der Waals surface area contributed by atoms with Crippen LogP contribution in [0.15, 0.2) is 60.7 Å².